The highest BCUT2D eigenvalue weighted by molar-refractivity contribution is 5.68. The van der Waals surface area contributed by atoms with Crippen molar-refractivity contribution in [3.63, 3.8) is 0 Å². The van der Waals surface area contributed by atoms with Crippen molar-refractivity contribution in [1.82, 2.24) is 0 Å². The Bertz CT molecular complexity index is 588. The van der Waals surface area contributed by atoms with Gasteiger partial charge in [0.1, 0.15) is 6.07 Å². The van der Waals surface area contributed by atoms with Gasteiger partial charge in [0.25, 0.3) is 5.69 Å². The SMILES string of the molecule is COc1cc([N+](=O)[O-])c(C#N)c(OC2CCCC2)c1OC. The highest BCUT2D eigenvalue weighted by Crippen LogP contribution is 2.45. The Morgan fingerprint density at radius 2 is 1.95 bits per heavy atom. The van der Waals surface area contributed by atoms with E-state index in [2.05, 4.69) is 0 Å². The van der Waals surface area contributed by atoms with Crippen LogP contribution in [-0.2, 0) is 0 Å². The van der Waals surface area contributed by atoms with Crippen LogP contribution in [0.3, 0.4) is 0 Å². The van der Waals surface area contributed by atoms with Crippen molar-refractivity contribution in [3.8, 4) is 23.3 Å². The van der Waals surface area contributed by atoms with Gasteiger partial charge in [-0.2, -0.15) is 5.26 Å². The molecule has 0 saturated heterocycles. The van der Waals surface area contributed by atoms with Gasteiger partial charge >= 0.3 is 0 Å². The number of methoxy groups -OCH3 is 2. The number of nitrogens with zero attached hydrogens (tertiary/aromatic N) is 2. The lowest BCUT2D eigenvalue weighted by atomic mass is 10.1. The molecule has 0 unspecified atom stereocenters. The molecule has 0 bridgehead atoms. The molecule has 0 amide bonds. The maximum atomic E-state index is 11.1. The summed E-state index contributed by atoms with van der Waals surface area (Å²) in [7, 11) is 2.79. The molecule has 2 rings (SSSR count). The zero-order valence-corrected chi connectivity index (χ0v) is 11.9. The predicted octanol–water partition coefficient (Wildman–Crippen LogP) is 2.81. The first-order chi connectivity index (χ1) is 10.1. The van der Waals surface area contributed by atoms with Crippen molar-refractivity contribution >= 4 is 5.69 Å². The van der Waals surface area contributed by atoms with E-state index < -0.39 is 4.92 Å². The van der Waals surface area contributed by atoms with Crippen LogP contribution in [0.25, 0.3) is 0 Å². The molecule has 0 N–H and O–H groups in total. The zero-order chi connectivity index (χ0) is 15.4. The van der Waals surface area contributed by atoms with E-state index in [4.69, 9.17) is 14.2 Å². The van der Waals surface area contributed by atoms with E-state index in [9.17, 15) is 15.4 Å². The first-order valence-corrected chi connectivity index (χ1v) is 6.62. The van der Waals surface area contributed by atoms with Crippen molar-refractivity contribution in [3.05, 3.63) is 21.7 Å². The highest BCUT2D eigenvalue weighted by atomic mass is 16.6. The molecule has 0 aliphatic heterocycles. The topological polar surface area (TPSA) is 94.6 Å². The van der Waals surface area contributed by atoms with Crippen LogP contribution in [0.1, 0.15) is 31.2 Å². The molecular formula is C14H16N2O5. The van der Waals surface area contributed by atoms with Gasteiger partial charge in [0, 0.05) is 0 Å². The molecule has 0 spiro atoms. The van der Waals surface area contributed by atoms with Crippen LogP contribution in [0.4, 0.5) is 5.69 Å². The number of nitro groups is 1. The second kappa shape index (κ2) is 6.31. The molecule has 7 heteroatoms. The van der Waals surface area contributed by atoms with Crippen LogP contribution in [-0.4, -0.2) is 25.2 Å². The molecule has 1 aliphatic rings. The number of ether oxygens (including phenoxy) is 3. The Balaban J connectivity index is 2.58. The minimum atomic E-state index is -0.623. The maximum absolute atomic E-state index is 11.1. The number of nitro benzene ring substituents is 1. The van der Waals surface area contributed by atoms with Gasteiger partial charge in [-0.1, -0.05) is 0 Å². The number of hydrogen-bond donors (Lipinski definition) is 0. The van der Waals surface area contributed by atoms with Gasteiger partial charge in [0.2, 0.25) is 5.75 Å². The van der Waals surface area contributed by atoms with Gasteiger partial charge < -0.3 is 14.2 Å². The minimum absolute atomic E-state index is 0.0577. The van der Waals surface area contributed by atoms with E-state index in [1.165, 1.54) is 20.3 Å². The van der Waals surface area contributed by atoms with Crippen LogP contribution in [0.15, 0.2) is 6.07 Å². The fraction of sp³-hybridized carbons (Fsp3) is 0.500. The van der Waals surface area contributed by atoms with E-state index in [0.29, 0.717) is 0 Å². The monoisotopic (exact) mass is 292 g/mol. The van der Waals surface area contributed by atoms with Crippen molar-refractivity contribution in [2.24, 2.45) is 0 Å². The number of benzene rings is 1. The van der Waals surface area contributed by atoms with E-state index in [1.54, 1.807) is 0 Å². The smallest absolute Gasteiger partial charge is 0.294 e. The van der Waals surface area contributed by atoms with Gasteiger partial charge in [-0.15, -0.1) is 0 Å². The third-order valence-corrected chi connectivity index (χ3v) is 3.50. The van der Waals surface area contributed by atoms with Crippen LogP contribution >= 0.6 is 0 Å². The second-order valence-electron chi connectivity index (χ2n) is 4.73. The largest absolute Gasteiger partial charge is 0.492 e. The van der Waals surface area contributed by atoms with Crippen molar-refractivity contribution in [2.75, 3.05) is 14.2 Å². The first-order valence-electron chi connectivity index (χ1n) is 6.62. The van der Waals surface area contributed by atoms with E-state index in [0.717, 1.165) is 25.7 Å². The Morgan fingerprint density at radius 3 is 2.43 bits per heavy atom. The summed E-state index contributed by atoms with van der Waals surface area (Å²) in [5.74, 6) is 0.487. The summed E-state index contributed by atoms with van der Waals surface area (Å²) in [6.07, 6.45) is 3.75. The zero-order valence-electron chi connectivity index (χ0n) is 11.9. The fourth-order valence-corrected chi connectivity index (χ4v) is 2.49. The predicted molar refractivity (Wildman–Crippen MR) is 73.8 cm³/mol. The van der Waals surface area contributed by atoms with Gasteiger partial charge in [0.05, 0.1) is 31.3 Å². The van der Waals surface area contributed by atoms with E-state index in [1.807, 2.05) is 6.07 Å². The lowest BCUT2D eigenvalue weighted by Crippen LogP contribution is -2.13. The van der Waals surface area contributed by atoms with Gasteiger partial charge in [-0.3, -0.25) is 10.1 Å². The average molecular weight is 292 g/mol. The standard InChI is InChI=1S/C14H16N2O5/c1-19-12-7-11(16(17)18)10(8-15)13(14(12)20-2)21-9-5-3-4-6-9/h7,9H,3-6H2,1-2H3. The van der Waals surface area contributed by atoms with Gasteiger partial charge in [0.15, 0.2) is 17.1 Å². The second-order valence-corrected chi connectivity index (χ2v) is 4.73. The molecule has 112 valence electrons. The van der Waals surface area contributed by atoms with Crippen LogP contribution in [0.2, 0.25) is 0 Å². The molecule has 1 aromatic rings. The lowest BCUT2D eigenvalue weighted by Gasteiger charge is -2.18. The van der Waals surface area contributed by atoms with Crippen LogP contribution in [0.5, 0.6) is 17.2 Å². The van der Waals surface area contributed by atoms with Gasteiger partial charge in [-0.25, -0.2) is 0 Å². The maximum Gasteiger partial charge on any atom is 0.294 e. The molecule has 0 atom stereocenters. The molecule has 0 radical (unpaired) electrons. The fourth-order valence-electron chi connectivity index (χ4n) is 2.49. The third-order valence-electron chi connectivity index (χ3n) is 3.50. The van der Waals surface area contributed by atoms with Crippen molar-refractivity contribution < 1.29 is 19.1 Å². The summed E-state index contributed by atoms with van der Waals surface area (Å²) < 4.78 is 16.2. The summed E-state index contributed by atoms with van der Waals surface area (Å²) >= 11 is 0. The molecule has 1 fully saturated rings. The molecule has 1 aliphatic carbocycles. The normalized spacial score (nSPS) is 14.5. The first kappa shape index (κ1) is 14.9. The summed E-state index contributed by atoms with van der Waals surface area (Å²) in [5.41, 5.74) is -0.479. The highest BCUT2D eigenvalue weighted by Gasteiger charge is 2.30. The summed E-state index contributed by atoms with van der Waals surface area (Å²) in [5, 5.41) is 20.4. The van der Waals surface area contributed by atoms with E-state index >= 15 is 0 Å². The van der Waals surface area contributed by atoms with Gasteiger partial charge in [-0.05, 0) is 25.7 Å². The molecule has 0 heterocycles. The summed E-state index contributed by atoms with van der Waals surface area (Å²) in [6.45, 7) is 0. The lowest BCUT2D eigenvalue weighted by molar-refractivity contribution is -0.385. The Labute approximate surface area is 122 Å². The molecule has 1 saturated carbocycles. The van der Waals surface area contributed by atoms with Crippen molar-refractivity contribution in [2.45, 2.75) is 31.8 Å². The quantitative estimate of drug-likeness (QED) is 0.611. The van der Waals surface area contributed by atoms with Crippen LogP contribution in [0, 0.1) is 21.4 Å². The summed E-state index contributed by atoms with van der Waals surface area (Å²) in [4.78, 5) is 10.5. The molecule has 21 heavy (non-hydrogen) atoms. The number of nitriles is 1. The Morgan fingerprint density at radius 1 is 1.29 bits per heavy atom. The minimum Gasteiger partial charge on any atom is -0.492 e. The summed E-state index contributed by atoms with van der Waals surface area (Å²) in [6, 6.07) is 3.02. The Hall–Kier alpha value is -2.49. The average Bonchev–Trinajstić information content (AvgIpc) is 2.98. The van der Waals surface area contributed by atoms with Crippen LogP contribution < -0.4 is 14.2 Å². The van der Waals surface area contributed by atoms with Crippen molar-refractivity contribution in [1.29, 1.82) is 5.26 Å². The van der Waals surface area contributed by atoms with E-state index in [-0.39, 0.29) is 34.6 Å². The molecular weight excluding hydrogens is 276 g/mol. The molecule has 0 aromatic heterocycles. The number of hydrogen-bond acceptors (Lipinski definition) is 6. The number of rotatable bonds is 5. The molecule has 1 aromatic carbocycles. The Kier molecular flexibility index (Phi) is 4.48. The molecule has 7 nitrogen and oxygen atoms in total. The third kappa shape index (κ3) is 2.84.